The van der Waals surface area contributed by atoms with Gasteiger partial charge >= 0.3 is 5.97 Å². The van der Waals surface area contributed by atoms with Crippen LogP contribution in [-0.4, -0.2) is 42.6 Å². The first-order valence-corrected chi connectivity index (χ1v) is 15.3. The predicted molar refractivity (Wildman–Crippen MR) is 162 cm³/mol. The molecule has 5 heteroatoms. The van der Waals surface area contributed by atoms with Gasteiger partial charge in [0.25, 0.3) is 0 Å². The molecule has 2 N–H and O–H groups in total. The number of unbranched alkanes of at least 4 members (excludes halogenated alkanes) is 2. The maximum absolute atomic E-state index is 11.8. The Morgan fingerprint density at radius 1 is 0.900 bits per heavy atom. The third-order valence-electron chi connectivity index (χ3n) is 8.28. The van der Waals surface area contributed by atoms with Crippen LogP contribution in [0.2, 0.25) is 0 Å². The highest BCUT2D eigenvalue weighted by Crippen LogP contribution is 2.41. The fourth-order valence-electron chi connectivity index (χ4n) is 5.61. The van der Waals surface area contributed by atoms with E-state index >= 15 is 0 Å². The molecule has 1 aliphatic rings. The maximum atomic E-state index is 11.8. The molecule has 0 spiro atoms. The molecular weight excluding hydrogens is 500 g/mol. The lowest BCUT2D eigenvalue weighted by Crippen LogP contribution is -2.15. The van der Waals surface area contributed by atoms with Crippen molar-refractivity contribution in [2.24, 2.45) is 5.92 Å². The van der Waals surface area contributed by atoms with Crippen LogP contribution in [0.3, 0.4) is 0 Å². The normalized spacial score (nSPS) is 17.1. The minimum absolute atomic E-state index is 0.0501. The van der Waals surface area contributed by atoms with Gasteiger partial charge in [-0.25, -0.2) is 4.79 Å². The van der Waals surface area contributed by atoms with Gasteiger partial charge in [-0.3, -0.25) is 0 Å². The average Bonchev–Trinajstić information content (AvgIpc) is 2.98. The number of aryl methyl sites for hydroxylation is 2. The Morgan fingerprint density at radius 3 is 2.17 bits per heavy atom. The summed E-state index contributed by atoms with van der Waals surface area (Å²) in [7, 11) is 0. The van der Waals surface area contributed by atoms with Gasteiger partial charge in [-0.05, 0) is 105 Å². The molecule has 0 saturated heterocycles. The topological polar surface area (TPSA) is 76.0 Å². The largest absolute Gasteiger partial charge is 0.493 e. The van der Waals surface area contributed by atoms with Crippen molar-refractivity contribution in [3.8, 4) is 5.75 Å². The van der Waals surface area contributed by atoms with Gasteiger partial charge in [0.05, 0.1) is 13.2 Å². The molecule has 3 rings (SSSR count). The highest BCUT2D eigenvalue weighted by molar-refractivity contribution is 5.86. The van der Waals surface area contributed by atoms with Crippen LogP contribution in [0, 0.1) is 5.92 Å². The number of hydrogen-bond acceptors (Lipinski definition) is 5. The molecule has 220 valence electrons. The van der Waals surface area contributed by atoms with Gasteiger partial charge in [-0.15, -0.1) is 0 Å². The fourth-order valence-corrected chi connectivity index (χ4v) is 5.61. The van der Waals surface area contributed by atoms with E-state index in [0.29, 0.717) is 43.5 Å². The standard InChI is InChI=1S/C35H50O5/c1-4-5-6-8-27-10-12-29(13-11-27)30-14-16-31(17-15-30)32-18-19-34(39-22-20-28(24-36)25-37)33(23-32)9-7-21-40-35(38)26(2)3/h10-13,18-19,23,28,30-31,36-37H,2,4-9,14-17,20-22,24-25H2,1,3H3. The average molecular weight is 551 g/mol. The zero-order chi connectivity index (χ0) is 28.7. The van der Waals surface area contributed by atoms with E-state index in [1.54, 1.807) is 6.92 Å². The summed E-state index contributed by atoms with van der Waals surface area (Å²) in [5, 5.41) is 18.7. The van der Waals surface area contributed by atoms with Crippen molar-refractivity contribution in [1.29, 1.82) is 0 Å². The first-order valence-electron chi connectivity index (χ1n) is 15.3. The van der Waals surface area contributed by atoms with Crippen molar-refractivity contribution >= 4 is 5.97 Å². The van der Waals surface area contributed by atoms with E-state index in [0.717, 1.165) is 17.7 Å². The second-order valence-corrected chi connectivity index (χ2v) is 11.5. The number of hydrogen-bond donors (Lipinski definition) is 2. The van der Waals surface area contributed by atoms with Crippen LogP contribution in [0.5, 0.6) is 5.75 Å². The fraction of sp³-hybridized carbons (Fsp3) is 0.571. The predicted octanol–water partition coefficient (Wildman–Crippen LogP) is 7.28. The van der Waals surface area contributed by atoms with Gasteiger partial charge < -0.3 is 19.7 Å². The molecule has 0 heterocycles. The molecule has 1 aliphatic carbocycles. The Labute approximate surface area is 241 Å². The molecule has 0 aromatic heterocycles. The van der Waals surface area contributed by atoms with Crippen molar-refractivity contribution in [3.63, 3.8) is 0 Å². The van der Waals surface area contributed by atoms with Gasteiger partial charge in [0.1, 0.15) is 5.75 Å². The number of carbonyl (C=O) groups is 1. The number of carbonyl (C=O) groups excluding carboxylic acids is 1. The Balaban J connectivity index is 1.60. The second-order valence-electron chi connectivity index (χ2n) is 11.5. The Kier molecular flexibility index (Phi) is 13.7. The summed E-state index contributed by atoms with van der Waals surface area (Å²) in [6.07, 6.45) is 11.8. The molecule has 1 fully saturated rings. The summed E-state index contributed by atoms with van der Waals surface area (Å²) in [6.45, 7) is 8.23. The molecule has 0 amide bonds. The lowest BCUT2D eigenvalue weighted by Gasteiger charge is -2.30. The molecule has 5 nitrogen and oxygen atoms in total. The SMILES string of the molecule is C=C(C)C(=O)OCCCc1cc(C2CCC(c3ccc(CCCCC)cc3)CC2)ccc1OCCC(CO)CO. The zero-order valence-corrected chi connectivity index (χ0v) is 24.7. The van der Waals surface area contributed by atoms with Gasteiger partial charge in [0.15, 0.2) is 0 Å². The summed E-state index contributed by atoms with van der Waals surface area (Å²) in [5.41, 5.74) is 5.82. The van der Waals surface area contributed by atoms with Crippen molar-refractivity contribution < 1.29 is 24.5 Å². The van der Waals surface area contributed by atoms with Gasteiger partial charge in [-0.1, -0.05) is 62.7 Å². The molecule has 0 aliphatic heterocycles. The Bertz CT molecular complexity index is 1030. The summed E-state index contributed by atoms with van der Waals surface area (Å²) in [5.74, 6) is 1.48. The lowest BCUT2D eigenvalue weighted by atomic mass is 9.76. The molecule has 0 unspecified atom stereocenters. The van der Waals surface area contributed by atoms with E-state index in [9.17, 15) is 15.0 Å². The highest BCUT2D eigenvalue weighted by Gasteiger charge is 2.24. The second kappa shape index (κ2) is 17.2. The number of aliphatic hydroxyl groups is 2. The monoisotopic (exact) mass is 550 g/mol. The smallest absolute Gasteiger partial charge is 0.333 e. The van der Waals surface area contributed by atoms with Gasteiger partial charge in [0.2, 0.25) is 0 Å². The summed E-state index contributed by atoms with van der Waals surface area (Å²) in [4.78, 5) is 11.8. The molecule has 2 aromatic rings. The van der Waals surface area contributed by atoms with Crippen LogP contribution >= 0.6 is 0 Å². The number of aliphatic hydroxyl groups excluding tert-OH is 2. The van der Waals surface area contributed by atoms with E-state index in [1.807, 2.05) is 0 Å². The van der Waals surface area contributed by atoms with Crippen LogP contribution in [0.25, 0.3) is 0 Å². The number of rotatable bonds is 17. The minimum Gasteiger partial charge on any atom is -0.493 e. The minimum atomic E-state index is -0.354. The van der Waals surface area contributed by atoms with Gasteiger partial charge in [-0.2, -0.15) is 0 Å². The quantitative estimate of drug-likeness (QED) is 0.123. The Hall–Kier alpha value is -2.63. The van der Waals surface area contributed by atoms with Crippen LogP contribution in [-0.2, 0) is 22.4 Å². The molecule has 40 heavy (non-hydrogen) atoms. The maximum Gasteiger partial charge on any atom is 0.333 e. The van der Waals surface area contributed by atoms with Crippen LogP contribution in [0.15, 0.2) is 54.6 Å². The number of ether oxygens (including phenoxy) is 2. The van der Waals surface area contributed by atoms with Crippen LogP contribution < -0.4 is 4.74 Å². The van der Waals surface area contributed by atoms with Crippen LogP contribution in [0.1, 0.15) is 106 Å². The third kappa shape index (κ3) is 10.1. The van der Waals surface area contributed by atoms with Crippen molar-refractivity contribution in [2.45, 2.75) is 96.3 Å². The van der Waals surface area contributed by atoms with Crippen molar-refractivity contribution in [2.75, 3.05) is 26.4 Å². The lowest BCUT2D eigenvalue weighted by molar-refractivity contribution is -0.139. The Morgan fingerprint density at radius 2 is 1.55 bits per heavy atom. The summed E-state index contributed by atoms with van der Waals surface area (Å²) >= 11 is 0. The highest BCUT2D eigenvalue weighted by atomic mass is 16.5. The third-order valence-corrected chi connectivity index (χ3v) is 8.28. The molecule has 0 radical (unpaired) electrons. The van der Waals surface area contributed by atoms with E-state index in [2.05, 4.69) is 56.0 Å². The van der Waals surface area contributed by atoms with Crippen LogP contribution in [0.4, 0.5) is 0 Å². The summed E-state index contributed by atoms with van der Waals surface area (Å²) < 4.78 is 11.4. The van der Waals surface area contributed by atoms with Gasteiger partial charge in [0, 0.05) is 24.7 Å². The molecule has 2 aromatic carbocycles. The van der Waals surface area contributed by atoms with E-state index < -0.39 is 0 Å². The van der Waals surface area contributed by atoms with Crippen molar-refractivity contribution in [1.82, 2.24) is 0 Å². The number of esters is 1. The summed E-state index contributed by atoms with van der Waals surface area (Å²) in [6, 6.07) is 15.9. The number of benzene rings is 2. The molecule has 0 atom stereocenters. The van der Waals surface area contributed by atoms with E-state index in [-0.39, 0.29) is 25.1 Å². The van der Waals surface area contributed by atoms with Crippen molar-refractivity contribution in [3.05, 3.63) is 76.9 Å². The first-order chi connectivity index (χ1) is 19.4. The molecule has 1 saturated carbocycles. The van der Waals surface area contributed by atoms with E-state index in [1.165, 1.54) is 68.1 Å². The first kappa shape index (κ1) is 31.9. The zero-order valence-electron chi connectivity index (χ0n) is 24.7. The molecular formula is C35H50O5. The molecule has 0 bridgehead atoms. The van der Waals surface area contributed by atoms with E-state index in [4.69, 9.17) is 9.47 Å².